The van der Waals surface area contributed by atoms with Crippen molar-refractivity contribution in [1.82, 2.24) is 0 Å². The molecule has 0 aliphatic carbocycles. The molecule has 0 spiro atoms. The predicted octanol–water partition coefficient (Wildman–Crippen LogP) is 4.15. The second kappa shape index (κ2) is 6.73. The van der Waals surface area contributed by atoms with Gasteiger partial charge in [-0.25, -0.2) is 4.90 Å². The van der Waals surface area contributed by atoms with Crippen LogP contribution in [0.2, 0.25) is 0 Å². The fourth-order valence-corrected chi connectivity index (χ4v) is 3.38. The highest BCUT2D eigenvalue weighted by Crippen LogP contribution is 2.34. The van der Waals surface area contributed by atoms with Gasteiger partial charge in [0.1, 0.15) is 10.7 Å². The molecule has 0 fully saturated rings. The molecule has 0 atom stereocenters. The molecular formula is C20H19ClN2O2. The lowest BCUT2D eigenvalue weighted by atomic mass is 10.1. The van der Waals surface area contributed by atoms with Crippen molar-refractivity contribution in [2.24, 2.45) is 0 Å². The molecule has 0 saturated heterocycles. The summed E-state index contributed by atoms with van der Waals surface area (Å²) >= 11 is 6.30. The maximum atomic E-state index is 13.0. The van der Waals surface area contributed by atoms with Crippen molar-refractivity contribution < 1.29 is 9.59 Å². The van der Waals surface area contributed by atoms with Gasteiger partial charge in [0.15, 0.2) is 0 Å². The summed E-state index contributed by atoms with van der Waals surface area (Å²) in [6.07, 6.45) is 0. The van der Waals surface area contributed by atoms with Crippen LogP contribution in [-0.2, 0) is 9.59 Å². The Bertz CT molecular complexity index is 854. The number of para-hydroxylation sites is 1. The number of benzene rings is 2. The number of anilines is 2. The van der Waals surface area contributed by atoms with Crippen LogP contribution in [0.1, 0.15) is 18.1 Å². The minimum Gasteiger partial charge on any atom is -0.336 e. The first-order valence-electron chi connectivity index (χ1n) is 8.13. The second-order valence-corrected chi connectivity index (χ2v) is 6.41. The molecule has 0 unspecified atom stereocenters. The summed E-state index contributed by atoms with van der Waals surface area (Å²) in [5.41, 5.74) is 3.55. The van der Waals surface area contributed by atoms with Crippen LogP contribution in [0, 0.1) is 13.8 Å². The van der Waals surface area contributed by atoms with Gasteiger partial charge in [0.2, 0.25) is 0 Å². The van der Waals surface area contributed by atoms with Crippen molar-refractivity contribution in [3.63, 3.8) is 0 Å². The molecule has 4 nitrogen and oxygen atoms in total. The van der Waals surface area contributed by atoms with Crippen molar-refractivity contribution in [2.75, 3.05) is 16.3 Å². The summed E-state index contributed by atoms with van der Waals surface area (Å²) in [4.78, 5) is 28.7. The topological polar surface area (TPSA) is 40.6 Å². The Hall–Kier alpha value is -2.59. The number of hydrogen-bond donors (Lipinski definition) is 0. The molecule has 3 rings (SSSR count). The first-order chi connectivity index (χ1) is 11.9. The SMILES string of the molecule is CCN(C1=C(Cl)C(=O)N(c2cc(C)cc(C)c2)C1=O)c1ccccc1. The average Bonchev–Trinajstić information content (AvgIpc) is 2.79. The Labute approximate surface area is 152 Å². The van der Waals surface area contributed by atoms with E-state index >= 15 is 0 Å². The molecule has 25 heavy (non-hydrogen) atoms. The molecule has 1 aliphatic rings. The van der Waals surface area contributed by atoms with E-state index in [4.69, 9.17) is 11.6 Å². The zero-order valence-corrected chi connectivity index (χ0v) is 15.2. The number of carbonyl (C=O) groups is 2. The summed E-state index contributed by atoms with van der Waals surface area (Å²) in [6.45, 7) is 6.30. The van der Waals surface area contributed by atoms with Crippen molar-refractivity contribution in [2.45, 2.75) is 20.8 Å². The Balaban J connectivity index is 2.05. The molecule has 128 valence electrons. The molecule has 0 saturated carbocycles. The molecule has 0 bridgehead atoms. The van der Waals surface area contributed by atoms with Gasteiger partial charge in [0, 0.05) is 12.2 Å². The average molecular weight is 355 g/mol. The van der Waals surface area contributed by atoms with Gasteiger partial charge >= 0.3 is 0 Å². The van der Waals surface area contributed by atoms with E-state index in [1.807, 2.05) is 69.3 Å². The third kappa shape index (κ3) is 3.05. The van der Waals surface area contributed by atoms with Crippen molar-refractivity contribution >= 4 is 34.8 Å². The quantitative estimate of drug-likeness (QED) is 0.774. The molecule has 2 aromatic carbocycles. The lowest BCUT2D eigenvalue weighted by Gasteiger charge is -2.24. The summed E-state index contributed by atoms with van der Waals surface area (Å²) < 4.78 is 0. The summed E-state index contributed by atoms with van der Waals surface area (Å²) in [7, 11) is 0. The van der Waals surface area contributed by atoms with Crippen LogP contribution < -0.4 is 9.80 Å². The van der Waals surface area contributed by atoms with Crippen LogP contribution >= 0.6 is 11.6 Å². The van der Waals surface area contributed by atoms with Crippen LogP contribution in [-0.4, -0.2) is 18.4 Å². The highest BCUT2D eigenvalue weighted by molar-refractivity contribution is 6.53. The van der Waals surface area contributed by atoms with E-state index in [0.29, 0.717) is 12.2 Å². The van der Waals surface area contributed by atoms with Crippen LogP contribution in [0.15, 0.2) is 59.3 Å². The summed E-state index contributed by atoms with van der Waals surface area (Å²) in [6, 6.07) is 15.1. The third-order valence-corrected chi connectivity index (χ3v) is 4.46. The number of likely N-dealkylation sites (N-methyl/N-ethyl adjacent to an activating group) is 1. The van der Waals surface area contributed by atoms with Gasteiger partial charge < -0.3 is 4.90 Å². The summed E-state index contributed by atoms with van der Waals surface area (Å²) in [5, 5.41) is -0.0464. The Morgan fingerprint density at radius 3 is 2.12 bits per heavy atom. The van der Waals surface area contributed by atoms with Gasteiger partial charge in [-0.3, -0.25) is 9.59 Å². The molecule has 5 heteroatoms. The number of carbonyl (C=O) groups excluding carboxylic acids is 2. The van der Waals surface area contributed by atoms with Crippen molar-refractivity contribution in [3.05, 3.63) is 70.4 Å². The van der Waals surface area contributed by atoms with Gasteiger partial charge in [-0.2, -0.15) is 0 Å². The van der Waals surface area contributed by atoms with E-state index in [1.165, 1.54) is 0 Å². The van der Waals surface area contributed by atoms with Gasteiger partial charge in [0.05, 0.1) is 5.69 Å². The van der Waals surface area contributed by atoms with E-state index in [0.717, 1.165) is 21.7 Å². The zero-order chi connectivity index (χ0) is 18.1. The fraction of sp³-hybridized carbons (Fsp3) is 0.200. The Morgan fingerprint density at radius 2 is 1.56 bits per heavy atom. The maximum absolute atomic E-state index is 13.0. The standard InChI is InChI=1S/C20H19ClN2O2/c1-4-22(15-8-6-5-7-9-15)18-17(21)19(24)23(20(18)25)16-11-13(2)10-14(3)12-16/h5-12H,4H2,1-3H3. The van der Waals surface area contributed by atoms with Crippen LogP contribution in [0.5, 0.6) is 0 Å². The van der Waals surface area contributed by atoms with Crippen LogP contribution in [0.25, 0.3) is 0 Å². The van der Waals surface area contributed by atoms with E-state index in [1.54, 1.807) is 4.90 Å². The predicted molar refractivity (Wildman–Crippen MR) is 101 cm³/mol. The number of nitrogens with zero attached hydrogens (tertiary/aromatic N) is 2. The van der Waals surface area contributed by atoms with Crippen LogP contribution in [0.4, 0.5) is 11.4 Å². The molecule has 0 N–H and O–H groups in total. The first kappa shape index (κ1) is 17.2. The lowest BCUT2D eigenvalue weighted by Crippen LogP contribution is -2.35. The molecule has 1 aliphatic heterocycles. The number of rotatable bonds is 4. The van der Waals surface area contributed by atoms with E-state index < -0.39 is 11.8 Å². The van der Waals surface area contributed by atoms with Crippen LogP contribution in [0.3, 0.4) is 0 Å². The van der Waals surface area contributed by atoms with Gasteiger partial charge in [0.25, 0.3) is 11.8 Å². The monoisotopic (exact) mass is 354 g/mol. The zero-order valence-electron chi connectivity index (χ0n) is 14.4. The Morgan fingerprint density at radius 1 is 0.960 bits per heavy atom. The normalized spacial score (nSPS) is 14.5. The van der Waals surface area contributed by atoms with E-state index in [2.05, 4.69) is 0 Å². The molecule has 2 amide bonds. The van der Waals surface area contributed by atoms with Gasteiger partial charge in [-0.15, -0.1) is 0 Å². The van der Waals surface area contributed by atoms with Crippen molar-refractivity contribution in [1.29, 1.82) is 0 Å². The van der Waals surface area contributed by atoms with E-state index in [9.17, 15) is 9.59 Å². The molecule has 0 radical (unpaired) electrons. The first-order valence-corrected chi connectivity index (χ1v) is 8.51. The number of halogens is 1. The van der Waals surface area contributed by atoms with Crippen molar-refractivity contribution in [3.8, 4) is 0 Å². The molecule has 2 aromatic rings. The highest BCUT2D eigenvalue weighted by Gasteiger charge is 2.41. The second-order valence-electron chi connectivity index (χ2n) is 6.03. The molecule has 1 heterocycles. The number of amides is 2. The lowest BCUT2D eigenvalue weighted by molar-refractivity contribution is -0.120. The van der Waals surface area contributed by atoms with E-state index in [-0.39, 0.29) is 10.7 Å². The smallest absolute Gasteiger partial charge is 0.283 e. The largest absolute Gasteiger partial charge is 0.336 e. The minimum atomic E-state index is -0.485. The number of imide groups is 1. The highest BCUT2D eigenvalue weighted by atomic mass is 35.5. The van der Waals surface area contributed by atoms with Gasteiger partial charge in [-0.1, -0.05) is 35.9 Å². The van der Waals surface area contributed by atoms with Gasteiger partial charge in [-0.05, 0) is 56.2 Å². The molecule has 0 aromatic heterocycles. The summed E-state index contributed by atoms with van der Waals surface area (Å²) in [5.74, 6) is -0.883. The fourth-order valence-electron chi connectivity index (χ4n) is 3.12. The minimum absolute atomic E-state index is 0.0464. The molecular weight excluding hydrogens is 336 g/mol. The number of hydrogen-bond acceptors (Lipinski definition) is 3. The third-order valence-electron chi connectivity index (χ3n) is 4.12. The Kier molecular flexibility index (Phi) is 4.64. The maximum Gasteiger partial charge on any atom is 0.283 e. The number of aryl methyl sites for hydroxylation is 2.